The van der Waals surface area contributed by atoms with Gasteiger partial charge >= 0.3 is 5.97 Å². The number of esters is 1. The van der Waals surface area contributed by atoms with Crippen molar-refractivity contribution in [1.82, 2.24) is 4.90 Å². The third-order valence-corrected chi connectivity index (χ3v) is 4.68. The summed E-state index contributed by atoms with van der Waals surface area (Å²) in [7, 11) is 0. The number of rotatable bonds is 3. The first kappa shape index (κ1) is 14.9. The third-order valence-electron chi connectivity index (χ3n) is 4.68. The molecule has 1 atom stereocenters. The second-order valence-electron chi connectivity index (χ2n) is 6.17. The number of carbonyl (C=O) groups is 1. The van der Waals surface area contributed by atoms with Crippen molar-refractivity contribution in [3.8, 4) is 11.1 Å². The van der Waals surface area contributed by atoms with Crippen LogP contribution in [0.2, 0.25) is 0 Å². The van der Waals surface area contributed by atoms with Crippen LogP contribution in [0.3, 0.4) is 0 Å². The average Bonchev–Trinajstić information content (AvgIpc) is 3.03. The number of carbonyl (C=O) groups excluding carboxylic acids is 1. The van der Waals surface area contributed by atoms with E-state index < -0.39 is 0 Å². The molecule has 4 heteroatoms. The number of ether oxygens (including phenoxy) is 1. The predicted octanol–water partition coefficient (Wildman–Crippen LogP) is 3.92. The summed E-state index contributed by atoms with van der Waals surface area (Å²) in [5, 5.41) is 0. The van der Waals surface area contributed by atoms with Gasteiger partial charge in [-0.2, -0.15) is 0 Å². The Kier molecular flexibility index (Phi) is 3.81. The van der Waals surface area contributed by atoms with Gasteiger partial charge in [0.1, 0.15) is 11.9 Å². The van der Waals surface area contributed by atoms with Crippen LogP contribution >= 0.6 is 0 Å². The van der Waals surface area contributed by atoms with Crippen LogP contribution in [0.5, 0.6) is 0 Å². The number of hydrogen-bond donors (Lipinski definition) is 0. The molecule has 0 amide bonds. The van der Waals surface area contributed by atoms with Gasteiger partial charge in [-0.3, -0.25) is 0 Å². The van der Waals surface area contributed by atoms with Gasteiger partial charge in [-0.05, 0) is 42.2 Å². The van der Waals surface area contributed by atoms with E-state index in [0.717, 1.165) is 36.5 Å². The van der Waals surface area contributed by atoms with Crippen LogP contribution in [0.1, 0.15) is 25.3 Å². The maximum absolute atomic E-state index is 12.2. The molecule has 0 aromatic heterocycles. The summed E-state index contributed by atoms with van der Waals surface area (Å²) in [4.78, 5) is 19.1. The number of aliphatic imine (C=N–C) groups is 1. The fourth-order valence-electron chi connectivity index (χ4n) is 3.50. The Labute approximate surface area is 141 Å². The molecule has 2 aliphatic heterocycles. The smallest absolute Gasteiger partial charge is 0.328 e. The topological polar surface area (TPSA) is 41.9 Å². The molecule has 0 spiro atoms. The van der Waals surface area contributed by atoms with Crippen LogP contribution < -0.4 is 0 Å². The molecule has 0 aliphatic carbocycles. The molecule has 4 rings (SSSR count). The molecule has 4 nitrogen and oxygen atoms in total. The Morgan fingerprint density at radius 2 is 2.04 bits per heavy atom. The van der Waals surface area contributed by atoms with E-state index >= 15 is 0 Å². The van der Waals surface area contributed by atoms with Crippen LogP contribution in [-0.2, 0) is 16.1 Å². The van der Waals surface area contributed by atoms with E-state index in [-0.39, 0.29) is 12.0 Å². The fourth-order valence-corrected chi connectivity index (χ4v) is 3.50. The van der Waals surface area contributed by atoms with Crippen molar-refractivity contribution < 1.29 is 9.53 Å². The van der Waals surface area contributed by atoms with Crippen molar-refractivity contribution in [2.75, 3.05) is 6.61 Å². The molecular formula is C20H20N2O2. The Morgan fingerprint density at radius 1 is 1.21 bits per heavy atom. The molecule has 0 bridgehead atoms. The highest BCUT2D eigenvalue weighted by atomic mass is 16.5. The largest absolute Gasteiger partial charge is 0.464 e. The highest BCUT2D eigenvalue weighted by molar-refractivity contribution is 5.94. The van der Waals surface area contributed by atoms with Crippen LogP contribution in [0.4, 0.5) is 5.69 Å². The van der Waals surface area contributed by atoms with Crippen molar-refractivity contribution in [2.24, 2.45) is 4.99 Å². The highest BCUT2D eigenvalue weighted by Gasteiger charge is 2.37. The minimum Gasteiger partial charge on any atom is -0.464 e. The Bertz CT molecular complexity index is 799. The lowest BCUT2D eigenvalue weighted by Gasteiger charge is -2.29. The van der Waals surface area contributed by atoms with Crippen LogP contribution in [-0.4, -0.2) is 29.4 Å². The van der Waals surface area contributed by atoms with Crippen molar-refractivity contribution in [3.05, 3.63) is 54.1 Å². The minimum absolute atomic E-state index is 0.134. The maximum Gasteiger partial charge on any atom is 0.328 e. The first-order valence-corrected chi connectivity index (χ1v) is 8.45. The van der Waals surface area contributed by atoms with Gasteiger partial charge in [0.15, 0.2) is 0 Å². The average molecular weight is 320 g/mol. The lowest BCUT2D eigenvalue weighted by Crippen LogP contribution is -2.40. The molecule has 0 N–H and O–H groups in total. The summed E-state index contributed by atoms with van der Waals surface area (Å²) in [6.45, 7) is 2.99. The number of hydrogen-bond acceptors (Lipinski definition) is 4. The molecule has 0 saturated carbocycles. The first-order valence-electron chi connectivity index (χ1n) is 8.45. The Balaban J connectivity index is 1.65. The second-order valence-corrected chi connectivity index (χ2v) is 6.17. The third kappa shape index (κ3) is 2.58. The van der Waals surface area contributed by atoms with Gasteiger partial charge in [-0.1, -0.05) is 36.4 Å². The van der Waals surface area contributed by atoms with Crippen molar-refractivity contribution in [2.45, 2.75) is 32.4 Å². The molecule has 24 heavy (non-hydrogen) atoms. The molecule has 1 fully saturated rings. The van der Waals surface area contributed by atoms with Gasteiger partial charge in [0.05, 0.1) is 12.3 Å². The normalized spacial score (nSPS) is 18.6. The summed E-state index contributed by atoms with van der Waals surface area (Å²) in [6, 6.07) is 16.5. The van der Waals surface area contributed by atoms with Crippen LogP contribution in [0.25, 0.3) is 11.1 Å². The molecule has 2 aromatic carbocycles. The van der Waals surface area contributed by atoms with E-state index in [4.69, 9.17) is 9.73 Å². The van der Waals surface area contributed by atoms with E-state index in [1.54, 1.807) is 0 Å². The molecule has 2 aliphatic rings. The van der Waals surface area contributed by atoms with Gasteiger partial charge in [0.25, 0.3) is 0 Å². The summed E-state index contributed by atoms with van der Waals surface area (Å²) < 4.78 is 5.22. The van der Waals surface area contributed by atoms with Crippen LogP contribution in [0.15, 0.2) is 53.5 Å². The van der Waals surface area contributed by atoms with Gasteiger partial charge < -0.3 is 9.64 Å². The van der Waals surface area contributed by atoms with Gasteiger partial charge in [-0.25, -0.2) is 9.79 Å². The van der Waals surface area contributed by atoms with Crippen LogP contribution in [0, 0.1) is 0 Å². The zero-order valence-corrected chi connectivity index (χ0v) is 13.7. The van der Waals surface area contributed by atoms with Crippen molar-refractivity contribution >= 4 is 17.5 Å². The Hall–Kier alpha value is -2.62. The molecule has 0 radical (unpaired) electrons. The quantitative estimate of drug-likeness (QED) is 0.805. The van der Waals surface area contributed by atoms with E-state index in [2.05, 4.69) is 35.2 Å². The predicted molar refractivity (Wildman–Crippen MR) is 94.2 cm³/mol. The molecule has 122 valence electrons. The summed E-state index contributed by atoms with van der Waals surface area (Å²) >= 11 is 0. The fraction of sp³-hybridized carbons (Fsp3) is 0.300. The molecule has 1 saturated heterocycles. The molecule has 0 unspecified atom stereocenters. The number of nitrogens with zero attached hydrogens (tertiary/aromatic N) is 2. The zero-order chi connectivity index (χ0) is 16.5. The van der Waals surface area contributed by atoms with Crippen molar-refractivity contribution in [3.63, 3.8) is 0 Å². The number of amidine groups is 1. The monoisotopic (exact) mass is 320 g/mol. The van der Waals surface area contributed by atoms with Gasteiger partial charge in [-0.15, -0.1) is 0 Å². The van der Waals surface area contributed by atoms with Gasteiger partial charge in [0.2, 0.25) is 0 Å². The number of fused-ring (bicyclic) bond motifs is 2. The van der Waals surface area contributed by atoms with E-state index in [0.29, 0.717) is 6.61 Å². The van der Waals surface area contributed by atoms with E-state index in [1.165, 1.54) is 11.1 Å². The lowest BCUT2D eigenvalue weighted by atomic mass is 10.0. The minimum atomic E-state index is -0.197. The molecule has 2 heterocycles. The first-order chi connectivity index (χ1) is 11.8. The number of benzene rings is 2. The van der Waals surface area contributed by atoms with E-state index in [1.807, 2.05) is 25.1 Å². The summed E-state index contributed by atoms with van der Waals surface area (Å²) in [5.41, 5.74) is 4.56. The zero-order valence-electron chi connectivity index (χ0n) is 13.7. The highest BCUT2D eigenvalue weighted by Crippen LogP contribution is 2.35. The maximum atomic E-state index is 12.2. The van der Waals surface area contributed by atoms with E-state index in [9.17, 15) is 4.79 Å². The molecular weight excluding hydrogens is 300 g/mol. The van der Waals surface area contributed by atoms with Gasteiger partial charge in [0, 0.05) is 13.0 Å². The SMILES string of the molecule is CCOC(=O)[C@H]1CCC2=Nc3ccc(-c4ccccc4)cc3CN21. The standard InChI is InChI=1S/C20H20N2O2/c1-2-24-20(23)18-10-11-19-21-17-9-8-15(12-16(17)13-22(18)19)14-6-4-3-5-7-14/h3-9,12,18H,2,10-11,13H2,1H3/t18-/m1/s1. The summed E-state index contributed by atoms with van der Waals surface area (Å²) in [6.07, 6.45) is 1.63. The summed E-state index contributed by atoms with van der Waals surface area (Å²) in [5.74, 6) is 0.873. The van der Waals surface area contributed by atoms with Crippen molar-refractivity contribution in [1.29, 1.82) is 0 Å². The lowest BCUT2D eigenvalue weighted by molar-refractivity contribution is -0.147. The molecule has 2 aromatic rings. The second kappa shape index (κ2) is 6.11. The Morgan fingerprint density at radius 3 is 2.83 bits per heavy atom.